The Morgan fingerprint density at radius 2 is 1.85 bits per heavy atom. The van der Waals surface area contributed by atoms with Crippen LogP contribution in [0.3, 0.4) is 0 Å². The Balaban J connectivity index is 1.44. The standard InChI is InChI=1S/C18H12FN5O2/c19-13-2-4-14(5-3-13)26-15-6-7-16(20-9-15)22-18(25)12-1-8-17-23-21-11-24(17)10-12/h1-11H,(H,20,22,25). The van der Waals surface area contributed by atoms with Gasteiger partial charge in [0, 0.05) is 6.20 Å². The number of rotatable bonds is 4. The first-order valence-corrected chi connectivity index (χ1v) is 7.68. The van der Waals surface area contributed by atoms with Crippen LogP contribution >= 0.6 is 0 Å². The van der Waals surface area contributed by atoms with Crippen LogP contribution in [0.25, 0.3) is 5.65 Å². The van der Waals surface area contributed by atoms with E-state index in [1.165, 1.54) is 36.8 Å². The molecule has 4 aromatic rings. The summed E-state index contributed by atoms with van der Waals surface area (Å²) in [5, 5.41) is 10.4. The van der Waals surface area contributed by atoms with Gasteiger partial charge in [0.25, 0.3) is 5.91 Å². The van der Waals surface area contributed by atoms with Crippen molar-refractivity contribution < 1.29 is 13.9 Å². The minimum absolute atomic E-state index is 0.305. The molecule has 128 valence electrons. The highest BCUT2D eigenvalue weighted by Gasteiger charge is 2.09. The highest BCUT2D eigenvalue weighted by molar-refractivity contribution is 6.03. The molecule has 1 amide bonds. The third-order valence-corrected chi connectivity index (χ3v) is 3.58. The van der Waals surface area contributed by atoms with Crippen LogP contribution in [0.5, 0.6) is 11.5 Å². The number of benzene rings is 1. The number of nitrogens with one attached hydrogen (secondary N) is 1. The van der Waals surface area contributed by atoms with Crippen LogP contribution in [-0.2, 0) is 0 Å². The van der Waals surface area contributed by atoms with E-state index < -0.39 is 0 Å². The topological polar surface area (TPSA) is 81.4 Å². The quantitative estimate of drug-likeness (QED) is 0.611. The highest BCUT2D eigenvalue weighted by atomic mass is 19.1. The van der Waals surface area contributed by atoms with Gasteiger partial charge in [0.15, 0.2) is 5.65 Å². The molecule has 7 nitrogen and oxygen atoms in total. The zero-order chi connectivity index (χ0) is 17.9. The molecule has 0 radical (unpaired) electrons. The molecule has 0 unspecified atom stereocenters. The van der Waals surface area contributed by atoms with Gasteiger partial charge in [-0.2, -0.15) is 0 Å². The van der Waals surface area contributed by atoms with Crippen LogP contribution in [0.2, 0.25) is 0 Å². The van der Waals surface area contributed by atoms with Gasteiger partial charge in [-0.1, -0.05) is 0 Å². The predicted octanol–water partition coefficient (Wildman–Crippen LogP) is 3.31. The number of carbonyl (C=O) groups is 1. The number of aromatic nitrogens is 4. The number of fused-ring (bicyclic) bond motifs is 1. The largest absolute Gasteiger partial charge is 0.456 e. The summed E-state index contributed by atoms with van der Waals surface area (Å²) in [7, 11) is 0. The first-order valence-electron chi connectivity index (χ1n) is 7.68. The molecule has 0 saturated heterocycles. The fourth-order valence-corrected chi connectivity index (χ4v) is 2.30. The Morgan fingerprint density at radius 3 is 2.62 bits per heavy atom. The van der Waals surface area contributed by atoms with Crippen molar-refractivity contribution in [1.29, 1.82) is 0 Å². The zero-order valence-electron chi connectivity index (χ0n) is 13.3. The fourth-order valence-electron chi connectivity index (χ4n) is 2.30. The summed E-state index contributed by atoms with van der Waals surface area (Å²) in [4.78, 5) is 16.5. The van der Waals surface area contributed by atoms with Gasteiger partial charge in [-0.3, -0.25) is 9.20 Å². The molecule has 0 saturated carbocycles. The number of halogens is 1. The Morgan fingerprint density at radius 1 is 1.04 bits per heavy atom. The molecular formula is C18H12FN5O2. The smallest absolute Gasteiger partial charge is 0.258 e. The number of anilines is 1. The van der Waals surface area contributed by atoms with Gasteiger partial charge in [-0.05, 0) is 48.5 Å². The van der Waals surface area contributed by atoms with E-state index >= 15 is 0 Å². The summed E-state index contributed by atoms with van der Waals surface area (Å²) in [5.74, 6) is 0.705. The van der Waals surface area contributed by atoms with E-state index in [4.69, 9.17) is 4.74 Å². The zero-order valence-corrected chi connectivity index (χ0v) is 13.3. The molecule has 0 atom stereocenters. The van der Waals surface area contributed by atoms with E-state index in [0.717, 1.165) is 0 Å². The minimum Gasteiger partial charge on any atom is -0.456 e. The molecule has 0 bridgehead atoms. The van der Waals surface area contributed by atoms with E-state index in [0.29, 0.717) is 28.5 Å². The number of pyridine rings is 2. The molecule has 3 heterocycles. The Hall–Kier alpha value is -3.81. The number of amides is 1. The second-order valence-electron chi connectivity index (χ2n) is 5.40. The van der Waals surface area contributed by atoms with Crippen molar-refractivity contribution in [2.24, 2.45) is 0 Å². The maximum atomic E-state index is 12.9. The molecule has 0 spiro atoms. The van der Waals surface area contributed by atoms with Crippen molar-refractivity contribution in [2.75, 3.05) is 5.32 Å². The highest BCUT2D eigenvalue weighted by Crippen LogP contribution is 2.21. The van der Waals surface area contributed by atoms with Crippen molar-refractivity contribution in [3.63, 3.8) is 0 Å². The second-order valence-corrected chi connectivity index (χ2v) is 5.40. The molecule has 0 aliphatic heterocycles. The average molecular weight is 349 g/mol. The Labute approximate surface area is 147 Å². The van der Waals surface area contributed by atoms with E-state index in [1.54, 1.807) is 34.9 Å². The maximum absolute atomic E-state index is 12.9. The molecule has 1 aromatic carbocycles. The number of carbonyl (C=O) groups excluding carboxylic acids is 1. The number of ether oxygens (including phenoxy) is 1. The van der Waals surface area contributed by atoms with Crippen molar-refractivity contribution in [3.8, 4) is 11.5 Å². The molecule has 1 N–H and O–H groups in total. The summed E-state index contributed by atoms with van der Waals surface area (Å²) in [6, 6.07) is 12.3. The summed E-state index contributed by atoms with van der Waals surface area (Å²) >= 11 is 0. The summed E-state index contributed by atoms with van der Waals surface area (Å²) in [6.45, 7) is 0. The lowest BCUT2D eigenvalue weighted by atomic mass is 10.2. The fraction of sp³-hybridized carbons (Fsp3) is 0. The number of hydrogen-bond acceptors (Lipinski definition) is 5. The van der Waals surface area contributed by atoms with Gasteiger partial charge >= 0.3 is 0 Å². The maximum Gasteiger partial charge on any atom is 0.258 e. The summed E-state index contributed by atoms with van der Waals surface area (Å²) in [6.07, 6.45) is 4.63. The van der Waals surface area contributed by atoms with Crippen LogP contribution in [0.4, 0.5) is 10.2 Å². The Kier molecular flexibility index (Phi) is 3.98. The van der Waals surface area contributed by atoms with E-state index in [9.17, 15) is 9.18 Å². The molecule has 4 rings (SSSR count). The lowest BCUT2D eigenvalue weighted by Gasteiger charge is -2.07. The predicted molar refractivity (Wildman–Crippen MR) is 91.7 cm³/mol. The number of nitrogens with zero attached hydrogens (tertiary/aromatic N) is 4. The molecule has 0 aliphatic carbocycles. The Bertz CT molecular complexity index is 1060. The first-order chi connectivity index (χ1) is 12.7. The number of hydrogen-bond donors (Lipinski definition) is 1. The molecule has 0 fully saturated rings. The van der Waals surface area contributed by atoms with Crippen LogP contribution in [0.15, 0.2) is 67.3 Å². The van der Waals surface area contributed by atoms with Gasteiger partial charge in [-0.15, -0.1) is 10.2 Å². The van der Waals surface area contributed by atoms with Gasteiger partial charge < -0.3 is 10.1 Å². The van der Waals surface area contributed by atoms with Crippen LogP contribution in [0.1, 0.15) is 10.4 Å². The third kappa shape index (κ3) is 3.34. The SMILES string of the molecule is O=C(Nc1ccc(Oc2ccc(F)cc2)cn1)c1ccc2nncn2c1. The monoisotopic (exact) mass is 349 g/mol. The van der Waals surface area contributed by atoms with E-state index in [1.807, 2.05) is 0 Å². The van der Waals surface area contributed by atoms with Crippen molar-refractivity contribution in [1.82, 2.24) is 19.6 Å². The molecule has 3 aromatic heterocycles. The lowest BCUT2D eigenvalue weighted by Crippen LogP contribution is -2.13. The minimum atomic E-state index is -0.335. The molecule has 26 heavy (non-hydrogen) atoms. The molecule has 8 heteroatoms. The second kappa shape index (κ2) is 6.60. The van der Waals surface area contributed by atoms with Gasteiger partial charge in [0.2, 0.25) is 0 Å². The summed E-state index contributed by atoms with van der Waals surface area (Å²) in [5.41, 5.74) is 1.10. The van der Waals surface area contributed by atoms with Crippen molar-refractivity contribution in [2.45, 2.75) is 0 Å². The van der Waals surface area contributed by atoms with Crippen LogP contribution in [-0.4, -0.2) is 25.5 Å². The van der Waals surface area contributed by atoms with Crippen LogP contribution < -0.4 is 10.1 Å². The third-order valence-electron chi connectivity index (χ3n) is 3.58. The average Bonchev–Trinajstić information content (AvgIpc) is 3.13. The van der Waals surface area contributed by atoms with Crippen LogP contribution in [0, 0.1) is 5.82 Å². The van der Waals surface area contributed by atoms with E-state index in [-0.39, 0.29) is 11.7 Å². The van der Waals surface area contributed by atoms with Gasteiger partial charge in [-0.25, -0.2) is 9.37 Å². The first kappa shape index (κ1) is 15.7. The van der Waals surface area contributed by atoms with E-state index in [2.05, 4.69) is 20.5 Å². The van der Waals surface area contributed by atoms with Gasteiger partial charge in [0.05, 0.1) is 11.8 Å². The molecular weight excluding hydrogens is 337 g/mol. The van der Waals surface area contributed by atoms with Crippen molar-refractivity contribution in [3.05, 3.63) is 78.6 Å². The summed E-state index contributed by atoms with van der Waals surface area (Å²) < 4.78 is 20.1. The van der Waals surface area contributed by atoms with Crippen molar-refractivity contribution >= 4 is 17.4 Å². The normalized spacial score (nSPS) is 10.7. The lowest BCUT2D eigenvalue weighted by molar-refractivity contribution is 0.102. The molecule has 0 aliphatic rings. The van der Waals surface area contributed by atoms with Gasteiger partial charge in [0.1, 0.15) is 29.5 Å².